The van der Waals surface area contributed by atoms with Crippen molar-refractivity contribution in [1.82, 2.24) is 5.32 Å². The molecule has 9 nitrogen and oxygen atoms in total. The fraction of sp³-hybridized carbons (Fsp3) is 0.125. The molecule has 10 heteroatoms. The molecule has 1 aliphatic rings. The minimum atomic E-state index is -0.793. The molecule has 26 heavy (non-hydrogen) atoms. The first kappa shape index (κ1) is 17.4. The lowest BCUT2D eigenvalue weighted by atomic mass is 10.1. The van der Waals surface area contributed by atoms with Crippen LogP contribution in [0, 0.1) is 20.2 Å². The maximum Gasteiger partial charge on any atom is 0.277 e. The van der Waals surface area contributed by atoms with Gasteiger partial charge in [0, 0.05) is 24.4 Å². The molecule has 0 atom stereocenters. The Morgan fingerprint density at radius 1 is 1.08 bits per heavy atom. The van der Waals surface area contributed by atoms with E-state index >= 15 is 0 Å². The zero-order chi connectivity index (χ0) is 18.8. The molecule has 0 radical (unpaired) electrons. The molecule has 1 aliphatic heterocycles. The monoisotopic (exact) mass is 372 g/mol. The molecule has 1 heterocycles. The number of carbonyl (C=O) groups is 1. The van der Waals surface area contributed by atoms with Gasteiger partial charge in [-0.1, -0.05) is 18.2 Å². The van der Waals surface area contributed by atoms with Crippen molar-refractivity contribution in [3.05, 3.63) is 73.8 Å². The van der Waals surface area contributed by atoms with Crippen LogP contribution in [0.25, 0.3) is 0 Å². The van der Waals surface area contributed by atoms with Gasteiger partial charge in [-0.25, -0.2) is 0 Å². The summed E-state index contributed by atoms with van der Waals surface area (Å²) in [5.74, 6) is -0.744. The Balaban J connectivity index is 1.83. The summed E-state index contributed by atoms with van der Waals surface area (Å²) >= 11 is 5.26. The first-order chi connectivity index (χ1) is 12.4. The standard InChI is InChI=1S/C16H12N4O5S/c21-15(11-7-12(19(22)23)9-13(8-11)20(24)25)17-16(26)18-6-5-10-3-1-2-4-14(10)18/h1-4,7-9H,5-6H2,(H,17,21,26). The van der Waals surface area contributed by atoms with E-state index in [4.69, 9.17) is 12.2 Å². The zero-order valence-corrected chi connectivity index (χ0v) is 14.1. The number of benzene rings is 2. The molecule has 1 amide bonds. The van der Waals surface area contributed by atoms with Crippen molar-refractivity contribution in [3.63, 3.8) is 0 Å². The van der Waals surface area contributed by atoms with E-state index < -0.39 is 27.1 Å². The highest BCUT2D eigenvalue weighted by Crippen LogP contribution is 2.27. The minimum absolute atomic E-state index is 0.133. The number of nitrogens with zero attached hydrogens (tertiary/aromatic N) is 3. The van der Waals surface area contributed by atoms with Gasteiger partial charge in [-0.05, 0) is 30.3 Å². The molecular formula is C16H12N4O5S. The molecule has 0 saturated heterocycles. The van der Waals surface area contributed by atoms with Crippen LogP contribution in [0.1, 0.15) is 15.9 Å². The molecule has 0 bridgehead atoms. The highest BCUT2D eigenvalue weighted by molar-refractivity contribution is 7.80. The van der Waals surface area contributed by atoms with E-state index in [-0.39, 0.29) is 10.7 Å². The average molecular weight is 372 g/mol. The summed E-state index contributed by atoms with van der Waals surface area (Å²) in [5, 5.41) is 24.5. The average Bonchev–Trinajstić information content (AvgIpc) is 3.05. The summed E-state index contributed by atoms with van der Waals surface area (Å²) in [6, 6.07) is 10.3. The number of para-hydroxylation sites is 1. The maximum absolute atomic E-state index is 12.4. The Kier molecular flexibility index (Phi) is 4.59. The molecule has 0 fully saturated rings. The van der Waals surface area contributed by atoms with E-state index in [2.05, 4.69) is 5.32 Å². The SMILES string of the molecule is O=C(NC(=S)N1CCc2ccccc21)c1cc([N+](=O)[O-])cc([N+](=O)[O-])c1. The fourth-order valence-electron chi connectivity index (χ4n) is 2.72. The van der Waals surface area contributed by atoms with E-state index in [0.717, 1.165) is 35.9 Å². The second-order valence-electron chi connectivity index (χ2n) is 5.54. The fourth-order valence-corrected chi connectivity index (χ4v) is 3.01. The van der Waals surface area contributed by atoms with Crippen LogP contribution < -0.4 is 10.2 Å². The van der Waals surface area contributed by atoms with Crippen LogP contribution in [0.4, 0.5) is 17.1 Å². The number of fused-ring (bicyclic) bond motifs is 1. The number of non-ortho nitro benzene ring substituents is 2. The summed E-state index contributed by atoms with van der Waals surface area (Å²) in [5.41, 5.74) is 0.683. The van der Waals surface area contributed by atoms with Gasteiger partial charge in [-0.15, -0.1) is 0 Å². The number of carbonyl (C=O) groups excluding carboxylic acids is 1. The summed E-state index contributed by atoms with van der Waals surface area (Å²) in [4.78, 5) is 34.4. The number of rotatable bonds is 3. The lowest BCUT2D eigenvalue weighted by Gasteiger charge is -2.20. The van der Waals surface area contributed by atoms with Gasteiger partial charge in [0.05, 0.1) is 21.5 Å². The summed E-state index contributed by atoms with van der Waals surface area (Å²) in [6.45, 7) is 0.591. The molecule has 0 aromatic heterocycles. The number of thiocarbonyl (C=S) groups is 1. The highest BCUT2D eigenvalue weighted by Gasteiger charge is 2.25. The Morgan fingerprint density at radius 3 is 2.31 bits per heavy atom. The second-order valence-corrected chi connectivity index (χ2v) is 5.93. The molecular weight excluding hydrogens is 360 g/mol. The van der Waals surface area contributed by atoms with Crippen molar-refractivity contribution < 1.29 is 14.6 Å². The van der Waals surface area contributed by atoms with Crippen LogP contribution in [0.3, 0.4) is 0 Å². The van der Waals surface area contributed by atoms with Crippen molar-refractivity contribution >= 4 is 40.3 Å². The third-order valence-electron chi connectivity index (χ3n) is 3.94. The van der Waals surface area contributed by atoms with Crippen molar-refractivity contribution in [1.29, 1.82) is 0 Å². The van der Waals surface area contributed by atoms with Crippen molar-refractivity contribution in [2.75, 3.05) is 11.4 Å². The second kappa shape index (κ2) is 6.84. The minimum Gasteiger partial charge on any atom is -0.318 e. The van der Waals surface area contributed by atoms with Crippen LogP contribution in [0.2, 0.25) is 0 Å². The van der Waals surface area contributed by atoms with E-state index in [9.17, 15) is 25.0 Å². The molecule has 0 aliphatic carbocycles. The van der Waals surface area contributed by atoms with Gasteiger partial charge in [0.15, 0.2) is 5.11 Å². The zero-order valence-electron chi connectivity index (χ0n) is 13.2. The van der Waals surface area contributed by atoms with Crippen molar-refractivity contribution in [2.45, 2.75) is 6.42 Å². The topological polar surface area (TPSA) is 119 Å². The number of hydrogen-bond acceptors (Lipinski definition) is 6. The molecule has 0 unspecified atom stereocenters. The Bertz CT molecular complexity index is 914. The smallest absolute Gasteiger partial charge is 0.277 e. The van der Waals surface area contributed by atoms with E-state index in [1.165, 1.54) is 0 Å². The van der Waals surface area contributed by atoms with Gasteiger partial charge < -0.3 is 4.90 Å². The molecule has 2 aromatic carbocycles. The predicted octanol–water partition coefficient (Wildman–Crippen LogP) is 2.58. The quantitative estimate of drug-likeness (QED) is 0.499. The lowest BCUT2D eigenvalue weighted by Crippen LogP contribution is -2.42. The highest BCUT2D eigenvalue weighted by atomic mass is 32.1. The van der Waals surface area contributed by atoms with Gasteiger partial charge in [-0.2, -0.15) is 0 Å². The number of nitrogens with one attached hydrogen (secondary N) is 1. The van der Waals surface area contributed by atoms with Crippen LogP contribution in [-0.2, 0) is 6.42 Å². The Hall–Kier alpha value is -3.40. The summed E-state index contributed by atoms with van der Waals surface area (Å²) in [7, 11) is 0. The molecule has 0 saturated carbocycles. The number of hydrogen-bond donors (Lipinski definition) is 1. The molecule has 132 valence electrons. The first-order valence-corrected chi connectivity index (χ1v) is 7.92. The summed E-state index contributed by atoms with van der Waals surface area (Å²) in [6.07, 6.45) is 0.772. The number of anilines is 1. The van der Waals surface area contributed by atoms with E-state index in [1.54, 1.807) is 4.90 Å². The normalized spacial score (nSPS) is 12.4. The van der Waals surface area contributed by atoms with Gasteiger partial charge in [0.25, 0.3) is 17.3 Å². The maximum atomic E-state index is 12.4. The third-order valence-corrected chi connectivity index (χ3v) is 4.26. The molecule has 0 spiro atoms. The molecule has 2 aromatic rings. The van der Waals surface area contributed by atoms with Gasteiger partial charge in [0.2, 0.25) is 0 Å². The Morgan fingerprint density at radius 2 is 1.69 bits per heavy atom. The number of nitro benzene ring substituents is 2. The van der Waals surface area contributed by atoms with E-state index in [0.29, 0.717) is 6.54 Å². The lowest BCUT2D eigenvalue weighted by molar-refractivity contribution is -0.394. The van der Waals surface area contributed by atoms with Crippen molar-refractivity contribution in [3.8, 4) is 0 Å². The van der Waals surface area contributed by atoms with Gasteiger partial charge in [0.1, 0.15) is 0 Å². The van der Waals surface area contributed by atoms with Crippen LogP contribution in [0.5, 0.6) is 0 Å². The molecule has 1 N–H and O–H groups in total. The van der Waals surface area contributed by atoms with Crippen molar-refractivity contribution in [2.24, 2.45) is 0 Å². The van der Waals surface area contributed by atoms with Crippen LogP contribution >= 0.6 is 12.2 Å². The van der Waals surface area contributed by atoms with E-state index in [1.807, 2.05) is 24.3 Å². The third kappa shape index (κ3) is 3.35. The van der Waals surface area contributed by atoms with Gasteiger partial charge >= 0.3 is 0 Å². The van der Waals surface area contributed by atoms with Gasteiger partial charge in [-0.3, -0.25) is 30.3 Å². The predicted molar refractivity (Wildman–Crippen MR) is 97.3 cm³/mol. The summed E-state index contributed by atoms with van der Waals surface area (Å²) < 4.78 is 0. The largest absolute Gasteiger partial charge is 0.318 e. The number of nitro groups is 2. The number of amides is 1. The molecule has 3 rings (SSSR count). The first-order valence-electron chi connectivity index (χ1n) is 7.51. The Labute approximate surface area is 152 Å². The van der Waals surface area contributed by atoms with Crippen LogP contribution in [-0.4, -0.2) is 27.4 Å². The van der Waals surface area contributed by atoms with Crippen LogP contribution in [0.15, 0.2) is 42.5 Å².